The molecule has 1 aliphatic rings. The fourth-order valence-electron chi connectivity index (χ4n) is 1.57. The zero-order valence-corrected chi connectivity index (χ0v) is 7.83. The van der Waals surface area contributed by atoms with Gasteiger partial charge in [0.25, 0.3) is 0 Å². The molecule has 0 spiro atoms. The van der Waals surface area contributed by atoms with Crippen LogP contribution in [0.4, 0.5) is 4.79 Å². The van der Waals surface area contributed by atoms with Gasteiger partial charge in [0.15, 0.2) is 0 Å². The molecular weight excluding hydrogens is 188 g/mol. The highest BCUT2D eigenvalue weighted by Crippen LogP contribution is 2.28. The average Bonchev–Trinajstić information content (AvgIpc) is 2.75. The van der Waals surface area contributed by atoms with Gasteiger partial charge in [-0.2, -0.15) is 0 Å². The third kappa shape index (κ3) is 1.65. The summed E-state index contributed by atoms with van der Waals surface area (Å²) in [6.45, 7) is 1.24. The van der Waals surface area contributed by atoms with Crippen LogP contribution in [0.5, 0.6) is 0 Å². The van der Waals surface area contributed by atoms with Gasteiger partial charge in [-0.3, -0.25) is 0 Å². The summed E-state index contributed by atoms with van der Waals surface area (Å²) in [5.74, 6) is 0.316. The number of hydrogen-bond donors (Lipinski definition) is 1. The first-order chi connectivity index (χ1) is 6.27. The maximum Gasteiger partial charge on any atom is 0.407 e. The smallest absolute Gasteiger partial charge is 0.407 e. The molecule has 1 unspecified atom stereocenters. The summed E-state index contributed by atoms with van der Waals surface area (Å²) in [6.07, 6.45) is 1.85. The summed E-state index contributed by atoms with van der Waals surface area (Å²) < 4.78 is 0. The van der Waals surface area contributed by atoms with Crippen LogP contribution in [-0.2, 0) is 0 Å². The highest BCUT2D eigenvalue weighted by Gasteiger charge is 2.28. The van der Waals surface area contributed by atoms with Crippen LogP contribution in [0.2, 0.25) is 0 Å². The van der Waals surface area contributed by atoms with Crippen molar-refractivity contribution < 1.29 is 9.90 Å². The first-order valence-corrected chi connectivity index (χ1v) is 5.02. The van der Waals surface area contributed by atoms with Crippen molar-refractivity contribution in [1.82, 2.24) is 9.88 Å². The number of aromatic nitrogens is 1. The third-order valence-electron chi connectivity index (χ3n) is 2.26. The predicted octanol–water partition coefficient (Wildman–Crippen LogP) is 1.61. The second-order valence-corrected chi connectivity index (χ2v) is 4.01. The Morgan fingerprint density at radius 3 is 3.15 bits per heavy atom. The van der Waals surface area contributed by atoms with Crippen molar-refractivity contribution in [2.45, 2.75) is 12.3 Å². The maximum absolute atomic E-state index is 10.6. The normalized spacial score (nSPS) is 22.2. The molecule has 5 heteroatoms. The van der Waals surface area contributed by atoms with Crippen molar-refractivity contribution in [2.75, 3.05) is 13.1 Å². The van der Waals surface area contributed by atoms with E-state index in [2.05, 4.69) is 4.98 Å². The largest absolute Gasteiger partial charge is 0.465 e. The van der Waals surface area contributed by atoms with Crippen LogP contribution in [0.1, 0.15) is 17.3 Å². The summed E-state index contributed by atoms with van der Waals surface area (Å²) in [6, 6.07) is 0. The molecule has 1 fully saturated rings. The highest BCUT2D eigenvalue weighted by molar-refractivity contribution is 7.09. The van der Waals surface area contributed by atoms with Gasteiger partial charge in [-0.05, 0) is 6.42 Å². The molecule has 0 bridgehead atoms. The summed E-state index contributed by atoms with van der Waals surface area (Å²) in [4.78, 5) is 16.3. The minimum absolute atomic E-state index is 0.316. The fourth-order valence-corrected chi connectivity index (χ4v) is 2.34. The number of rotatable bonds is 1. The van der Waals surface area contributed by atoms with Crippen LogP contribution in [0.15, 0.2) is 11.6 Å². The predicted molar refractivity (Wildman–Crippen MR) is 49.1 cm³/mol. The maximum atomic E-state index is 10.6. The second kappa shape index (κ2) is 3.33. The van der Waals surface area contributed by atoms with Gasteiger partial charge in [-0.1, -0.05) is 0 Å². The molecule has 0 aliphatic carbocycles. The van der Waals surface area contributed by atoms with Gasteiger partial charge in [0.05, 0.1) is 5.01 Å². The number of carboxylic acid groups (broad SMARTS) is 1. The Hall–Kier alpha value is -1.10. The van der Waals surface area contributed by atoms with Gasteiger partial charge >= 0.3 is 6.09 Å². The van der Waals surface area contributed by atoms with Crippen molar-refractivity contribution in [3.8, 4) is 0 Å². The SMILES string of the molecule is O=C(O)N1CCC(c2nccs2)C1. The molecule has 0 aromatic carbocycles. The van der Waals surface area contributed by atoms with E-state index < -0.39 is 6.09 Å². The average molecular weight is 198 g/mol. The lowest BCUT2D eigenvalue weighted by Gasteiger charge is -2.10. The van der Waals surface area contributed by atoms with Crippen LogP contribution in [-0.4, -0.2) is 34.2 Å². The number of thiazole rings is 1. The Kier molecular flexibility index (Phi) is 2.18. The minimum Gasteiger partial charge on any atom is -0.465 e. The van der Waals surface area contributed by atoms with E-state index in [0.717, 1.165) is 11.4 Å². The molecule has 1 amide bonds. The summed E-state index contributed by atoms with van der Waals surface area (Å²) in [5, 5.41) is 11.7. The molecule has 1 aliphatic heterocycles. The molecule has 1 aromatic heterocycles. The minimum atomic E-state index is -0.820. The topological polar surface area (TPSA) is 53.4 Å². The summed E-state index contributed by atoms with van der Waals surface area (Å²) in [7, 11) is 0. The quantitative estimate of drug-likeness (QED) is 0.745. The molecule has 0 saturated carbocycles. The first kappa shape index (κ1) is 8.50. The molecule has 1 atom stereocenters. The molecule has 0 radical (unpaired) electrons. The van der Waals surface area contributed by atoms with Crippen LogP contribution < -0.4 is 0 Å². The van der Waals surface area contributed by atoms with Crippen molar-refractivity contribution in [3.63, 3.8) is 0 Å². The van der Waals surface area contributed by atoms with Gasteiger partial charge in [0.1, 0.15) is 0 Å². The Morgan fingerprint density at radius 1 is 1.77 bits per heavy atom. The van der Waals surface area contributed by atoms with Crippen LogP contribution in [0.25, 0.3) is 0 Å². The van der Waals surface area contributed by atoms with Gasteiger partial charge in [-0.15, -0.1) is 11.3 Å². The van der Waals surface area contributed by atoms with E-state index in [4.69, 9.17) is 5.11 Å². The summed E-state index contributed by atoms with van der Waals surface area (Å²) >= 11 is 1.60. The fraction of sp³-hybridized carbons (Fsp3) is 0.500. The Balaban J connectivity index is 2.03. The van der Waals surface area contributed by atoms with Crippen LogP contribution >= 0.6 is 11.3 Å². The van der Waals surface area contributed by atoms with Crippen molar-refractivity contribution in [3.05, 3.63) is 16.6 Å². The lowest BCUT2D eigenvalue weighted by atomic mass is 10.1. The number of amides is 1. The van der Waals surface area contributed by atoms with Crippen molar-refractivity contribution >= 4 is 17.4 Å². The van der Waals surface area contributed by atoms with E-state index in [-0.39, 0.29) is 0 Å². The molecule has 2 rings (SSSR count). The zero-order valence-electron chi connectivity index (χ0n) is 7.01. The monoisotopic (exact) mass is 198 g/mol. The number of carbonyl (C=O) groups is 1. The highest BCUT2D eigenvalue weighted by atomic mass is 32.1. The summed E-state index contributed by atoms with van der Waals surface area (Å²) in [5.41, 5.74) is 0. The van der Waals surface area contributed by atoms with Gasteiger partial charge in [0, 0.05) is 30.6 Å². The molecule has 1 aromatic rings. The molecule has 70 valence electrons. The Labute approximate surface area is 79.8 Å². The molecule has 4 nitrogen and oxygen atoms in total. The van der Waals surface area contributed by atoms with E-state index in [1.165, 1.54) is 4.90 Å². The Bertz CT molecular complexity index is 299. The van der Waals surface area contributed by atoms with Crippen molar-refractivity contribution in [2.24, 2.45) is 0 Å². The molecule has 2 heterocycles. The first-order valence-electron chi connectivity index (χ1n) is 4.14. The van der Waals surface area contributed by atoms with E-state index in [0.29, 0.717) is 19.0 Å². The zero-order chi connectivity index (χ0) is 9.26. The second-order valence-electron chi connectivity index (χ2n) is 3.08. The molecular formula is C8H10N2O2S. The molecule has 1 saturated heterocycles. The lowest BCUT2D eigenvalue weighted by Crippen LogP contribution is -2.26. The third-order valence-corrected chi connectivity index (χ3v) is 3.20. The van der Waals surface area contributed by atoms with E-state index >= 15 is 0 Å². The Morgan fingerprint density at radius 2 is 2.62 bits per heavy atom. The standard InChI is InChI=1S/C8H10N2O2S/c11-8(12)10-3-1-6(5-10)7-9-2-4-13-7/h2,4,6H,1,3,5H2,(H,11,12). The van der Waals surface area contributed by atoms with Crippen molar-refractivity contribution in [1.29, 1.82) is 0 Å². The number of likely N-dealkylation sites (tertiary alicyclic amines) is 1. The van der Waals surface area contributed by atoms with E-state index in [1.807, 2.05) is 5.38 Å². The molecule has 1 N–H and O–H groups in total. The van der Waals surface area contributed by atoms with Crippen LogP contribution in [0.3, 0.4) is 0 Å². The number of nitrogens with zero attached hydrogens (tertiary/aromatic N) is 2. The molecule has 13 heavy (non-hydrogen) atoms. The van der Waals surface area contributed by atoms with Crippen LogP contribution in [0, 0.1) is 0 Å². The lowest BCUT2D eigenvalue weighted by molar-refractivity contribution is 0.155. The van der Waals surface area contributed by atoms with Gasteiger partial charge in [0.2, 0.25) is 0 Å². The van der Waals surface area contributed by atoms with Gasteiger partial charge < -0.3 is 10.0 Å². The van der Waals surface area contributed by atoms with Gasteiger partial charge in [-0.25, -0.2) is 9.78 Å². The number of hydrogen-bond acceptors (Lipinski definition) is 3. The van der Waals surface area contributed by atoms with E-state index in [9.17, 15) is 4.79 Å². The van der Waals surface area contributed by atoms with E-state index in [1.54, 1.807) is 17.5 Å².